The van der Waals surface area contributed by atoms with Crippen molar-refractivity contribution >= 4 is 5.91 Å². The van der Waals surface area contributed by atoms with Crippen molar-refractivity contribution in [2.75, 3.05) is 46.4 Å². The predicted octanol–water partition coefficient (Wildman–Crippen LogP) is 0.189. The van der Waals surface area contributed by atoms with E-state index in [1.807, 2.05) is 16.9 Å². The molecule has 3 rings (SSSR count). The first kappa shape index (κ1) is 17.4. The molecule has 3 heterocycles. The first-order chi connectivity index (χ1) is 11.7. The molecule has 134 valence electrons. The number of likely N-dealkylation sites (tertiary alicyclic amines) is 1. The van der Waals surface area contributed by atoms with Gasteiger partial charge in [-0.15, -0.1) is 0 Å². The maximum atomic E-state index is 13.1. The summed E-state index contributed by atoms with van der Waals surface area (Å²) >= 11 is 0. The lowest BCUT2D eigenvalue weighted by Crippen LogP contribution is -2.57. The van der Waals surface area contributed by atoms with Crippen LogP contribution in [-0.2, 0) is 15.1 Å². The van der Waals surface area contributed by atoms with Crippen molar-refractivity contribution in [2.45, 2.75) is 37.3 Å². The van der Waals surface area contributed by atoms with E-state index in [2.05, 4.69) is 20.6 Å². The largest absolute Gasteiger partial charge is 0.383 e. The first-order valence-corrected chi connectivity index (χ1v) is 8.98. The molecule has 0 radical (unpaired) electrons. The third-order valence-corrected chi connectivity index (χ3v) is 5.33. The number of ether oxygens (including phenoxy) is 1. The maximum absolute atomic E-state index is 13.1. The molecule has 7 nitrogen and oxygen atoms in total. The number of methoxy groups -OCH3 is 1. The Morgan fingerprint density at radius 3 is 2.75 bits per heavy atom. The Labute approximate surface area is 143 Å². The first-order valence-electron chi connectivity index (χ1n) is 8.98. The Balaban J connectivity index is 1.59. The fraction of sp³-hybridized carbons (Fsp3) is 0.765. The van der Waals surface area contributed by atoms with E-state index < -0.39 is 5.54 Å². The number of nitrogens with one attached hydrogen (secondary N) is 2. The van der Waals surface area contributed by atoms with Gasteiger partial charge < -0.3 is 20.3 Å². The van der Waals surface area contributed by atoms with Crippen LogP contribution < -0.4 is 10.6 Å². The van der Waals surface area contributed by atoms with Gasteiger partial charge in [-0.25, -0.2) is 0 Å². The Kier molecular flexibility index (Phi) is 5.86. The summed E-state index contributed by atoms with van der Waals surface area (Å²) < 4.78 is 7.00. The van der Waals surface area contributed by atoms with Gasteiger partial charge in [-0.05, 0) is 44.8 Å². The van der Waals surface area contributed by atoms with Crippen LogP contribution in [0.2, 0.25) is 0 Å². The molecule has 1 aromatic heterocycles. The van der Waals surface area contributed by atoms with Gasteiger partial charge in [0, 0.05) is 45.2 Å². The van der Waals surface area contributed by atoms with Crippen LogP contribution in [0, 0.1) is 0 Å². The highest BCUT2D eigenvalue weighted by Crippen LogP contribution is 2.27. The fourth-order valence-corrected chi connectivity index (χ4v) is 3.76. The summed E-state index contributed by atoms with van der Waals surface area (Å²) in [5.41, 5.74) is -0.540. The molecule has 2 aliphatic heterocycles. The molecule has 7 heteroatoms. The topological polar surface area (TPSA) is 71.4 Å². The number of piperidine rings is 2. The molecule has 0 atom stereocenters. The normalized spacial score (nSPS) is 22.4. The highest BCUT2D eigenvalue weighted by Gasteiger charge is 2.42. The molecule has 0 aromatic carbocycles. The van der Waals surface area contributed by atoms with Crippen molar-refractivity contribution in [2.24, 2.45) is 0 Å². The van der Waals surface area contributed by atoms with Gasteiger partial charge in [-0.2, -0.15) is 5.10 Å². The minimum Gasteiger partial charge on any atom is -0.383 e. The standard InChI is InChI=1S/C17H29N5O2/c1-24-14-13-21-11-3-15(4-12-21)20-16(23)17(5-8-18-9-6-17)22-10-2-7-19-22/h2,7,10,15,18H,3-6,8-9,11-14H2,1H3,(H,20,23). The van der Waals surface area contributed by atoms with Gasteiger partial charge in [0.25, 0.3) is 0 Å². The molecule has 2 N–H and O–H groups in total. The lowest BCUT2D eigenvalue weighted by molar-refractivity contribution is -0.133. The third kappa shape index (κ3) is 3.79. The zero-order valence-electron chi connectivity index (χ0n) is 14.5. The second kappa shape index (κ2) is 8.09. The number of nitrogens with zero attached hydrogens (tertiary/aromatic N) is 3. The van der Waals surface area contributed by atoms with Crippen molar-refractivity contribution in [3.8, 4) is 0 Å². The zero-order valence-corrected chi connectivity index (χ0v) is 14.5. The van der Waals surface area contributed by atoms with Gasteiger partial charge >= 0.3 is 0 Å². The molecule has 1 amide bonds. The summed E-state index contributed by atoms with van der Waals surface area (Å²) in [5.74, 6) is 0.128. The quantitative estimate of drug-likeness (QED) is 0.776. The van der Waals surface area contributed by atoms with E-state index in [0.717, 1.165) is 65.0 Å². The fourth-order valence-electron chi connectivity index (χ4n) is 3.76. The summed E-state index contributed by atoms with van der Waals surface area (Å²) in [5, 5.41) is 11.0. The summed E-state index contributed by atoms with van der Waals surface area (Å²) in [6.45, 7) is 5.48. The average molecular weight is 335 g/mol. The molecule has 0 bridgehead atoms. The van der Waals surface area contributed by atoms with Crippen LogP contribution >= 0.6 is 0 Å². The Morgan fingerprint density at radius 1 is 1.38 bits per heavy atom. The van der Waals surface area contributed by atoms with Gasteiger partial charge in [-0.3, -0.25) is 9.48 Å². The van der Waals surface area contributed by atoms with Crippen molar-refractivity contribution in [1.82, 2.24) is 25.3 Å². The van der Waals surface area contributed by atoms with Gasteiger partial charge in [0.05, 0.1) is 6.61 Å². The van der Waals surface area contributed by atoms with E-state index in [-0.39, 0.29) is 11.9 Å². The minimum atomic E-state index is -0.540. The number of carbonyl (C=O) groups is 1. The van der Waals surface area contributed by atoms with E-state index in [9.17, 15) is 4.79 Å². The van der Waals surface area contributed by atoms with Gasteiger partial charge in [-0.1, -0.05) is 0 Å². The number of carbonyl (C=O) groups excluding carboxylic acids is 1. The number of hydrogen-bond donors (Lipinski definition) is 2. The molecule has 1 aromatic rings. The Bertz CT molecular complexity index is 505. The van der Waals surface area contributed by atoms with E-state index in [0.29, 0.717) is 0 Å². The van der Waals surface area contributed by atoms with E-state index >= 15 is 0 Å². The molecule has 2 aliphatic rings. The molecule has 2 saturated heterocycles. The highest BCUT2D eigenvalue weighted by molar-refractivity contribution is 5.84. The van der Waals surface area contributed by atoms with Crippen LogP contribution in [0.5, 0.6) is 0 Å². The summed E-state index contributed by atoms with van der Waals surface area (Å²) in [6.07, 6.45) is 7.25. The lowest BCUT2D eigenvalue weighted by atomic mass is 9.86. The number of aromatic nitrogens is 2. The second-order valence-corrected chi connectivity index (χ2v) is 6.81. The smallest absolute Gasteiger partial charge is 0.248 e. The molecule has 24 heavy (non-hydrogen) atoms. The number of hydrogen-bond acceptors (Lipinski definition) is 5. The average Bonchev–Trinajstić information content (AvgIpc) is 3.17. The van der Waals surface area contributed by atoms with E-state index in [4.69, 9.17) is 4.74 Å². The van der Waals surface area contributed by atoms with E-state index in [1.54, 1.807) is 13.3 Å². The molecular weight excluding hydrogens is 306 g/mol. The minimum absolute atomic E-state index is 0.128. The monoisotopic (exact) mass is 335 g/mol. The zero-order chi connectivity index (χ0) is 16.8. The maximum Gasteiger partial charge on any atom is 0.248 e. The highest BCUT2D eigenvalue weighted by atomic mass is 16.5. The van der Waals surface area contributed by atoms with Gasteiger partial charge in [0.15, 0.2) is 0 Å². The van der Waals surface area contributed by atoms with Crippen LogP contribution in [0.1, 0.15) is 25.7 Å². The van der Waals surface area contributed by atoms with Crippen LogP contribution in [-0.4, -0.2) is 73.1 Å². The molecule has 0 spiro atoms. The van der Waals surface area contributed by atoms with E-state index in [1.165, 1.54) is 0 Å². The van der Waals surface area contributed by atoms with Crippen molar-refractivity contribution in [3.05, 3.63) is 18.5 Å². The van der Waals surface area contributed by atoms with Gasteiger partial charge in [0.2, 0.25) is 5.91 Å². The summed E-state index contributed by atoms with van der Waals surface area (Å²) in [7, 11) is 1.74. The molecule has 0 aliphatic carbocycles. The van der Waals surface area contributed by atoms with Crippen LogP contribution in [0.3, 0.4) is 0 Å². The lowest BCUT2D eigenvalue weighted by Gasteiger charge is -2.39. The molecule has 2 fully saturated rings. The second-order valence-electron chi connectivity index (χ2n) is 6.81. The third-order valence-electron chi connectivity index (χ3n) is 5.33. The molecular formula is C17H29N5O2. The van der Waals surface area contributed by atoms with Crippen molar-refractivity contribution in [3.63, 3.8) is 0 Å². The molecule has 0 unspecified atom stereocenters. The van der Waals surface area contributed by atoms with Gasteiger partial charge in [0.1, 0.15) is 5.54 Å². The van der Waals surface area contributed by atoms with Crippen LogP contribution in [0.25, 0.3) is 0 Å². The number of rotatable bonds is 6. The SMILES string of the molecule is COCCN1CCC(NC(=O)C2(n3cccn3)CCNCC2)CC1. The number of amides is 1. The van der Waals surface area contributed by atoms with Crippen molar-refractivity contribution in [1.29, 1.82) is 0 Å². The summed E-state index contributed by atoms with van der Waals surface area (Å²) in [4.78, 5) is 15.5. The predicted molar refractivity (Wildman–Crippen MR) is 91.8 cm³/mol. The van der Waals surface area contributed by atoms with Crippen molar-refractivity contribution < 1.29 is 9.53 Å². The summed E-state index contributed by atoms with van der Waals surface area (Å²) in [6, 6.07) is 2.16. The Hall–Kier alpha value is -1.44. The Morgan fingerprint density at radius 2 is 2.12 bits per heavy atom. The van der Waals surface area contributed by atoms with Crippen LogP contribution in [0.4, 0.5) is 0 Å². The van der Waals surface area contributed by atoms with Crippen LogP contribution in [0.15, 0.2) is 18.5 Å². The molecule has 0 saturated carbocycles.